The molecule has 1 aliphatic rings. The standard InChI is InChI=1S/C15H18N4O3/c20-19(21)12-3-4-13-14(8-12)17-10-15(18-13)22-7-5-11-2-1-6-16-9-11/h3-4,8,10-11,16H,1-2,5-7,9H2. The summed E-state index contributed by atoms with van der Waals surface area (Å²) in [5.74, 6) is 1.12. The number of nitrogens with zero attached hydrogens (tertiary/aromatic N) is 3. The van der Waals surface area contributed by atoms with E-state index in [1.54, 1.807) is 6.07 Å². The number of ether oxygens (including phenoxy) is 1. The summed E-state index contributed by atoms with van der Waals surface area (Å²) in [7, 11) is 0. The molecule has 1 aliphatic heterocycles. The predicted molar refractivity (Wildman–Crippen MR) is 81.9 cm³/mol. The van der Waals surface area contributed by atoms with E-state index >= 15 is 0 Å². The highest BCUT2D eigenvalue weighted by Gasteiger charge is 2.13. The number of rotatable bonds is 5. The summed E-state index contributed by atoms with van der Waals surface area (Å²) in [5, 5.41) is 14.1. The molecular formula is C15H18N4O3. The van der Waals surface area contributed by atoms with Crippen molar-refractivity contribution < 1.29 is 9.66 Å². The Balaban J connectivity index is 1.62. The number of hydrogen-bond donors (Lipinski definition) is 1. The Bertz CT molecular complexity index is 671. The van der Waals surface area contributed by atoms with E-state index in [-0.39, 0.29) is 5.69 Å². The molecule has 1 saturated heterocycles. The highest BCUT2D eigenvalue weighted by Crippen LogP contribution is 2.20. The minimum atomic E-state index is -0.441. The molecule has 7 nitrogen and oxygen atoms in total. The van der Waals surface area contributed by atoms with E-state index in [0.29, 0.717) is 29.4 Å². The van der Waals surface area contributed by atoms with Crippen LogP contribution in [0.15, 0.2) is 24.4 Å². The lowest BCUT2D eigenvalue weighted by molar-refractivity contribution is -0.384. The Hall–Kier alpha value is -2.28. The zero-order valence-corrected chi connectivity index (χ0v) is 12.2. The largest absolute Gasteiger partial charge is 0.477 e. The Morgan fingerprint density at radius 1 is 1.41 bits per heavy atom. The Labute approximate surface area is 127 Å². The normalized spacial score (nSPS) is 18.3. The Morgan fingerprint density at radius 3 is 3.09 bits per heavy atom. The van der Waals surface area contributed by atoms with Crippen molar-refractivity contribution in [2.75, 3.05) is 19.7 Å². The van der Waals surface area contributed by atoms with Gasteiger partial charge < -0.3 is 10.1 Å². The van der Waals surface area contributed by atoms with Crippen molar-refractivity contribution in [3.63, 3.8) is 0 Å². The fourth-order valence-corrected chi connectivity index (χ4v) is 2.67. The zero-order chi connectivity index (χ0) is 15.4. The summed E-state index contributed by atoms with van der Waals surface area (Å²) in [6.07, 6.45) is 4.97. The predicted octanol–water partition coefficient (Wildman–Crippen LogP) is 2.31. The van der Waals surface area contributed by atoms with Crippen molar-refractivity contribution in [1.29, 1.82) is 0 Å². The number of nitrogens with one attached hydrogen (secondary N) is 1. The van der Waals surface area contributed by atoms with Crippen LogP contribution in [0.2, 0.25) is 0 Å². The molecule has 2 aromatic rings. The number of benzene rings is 1. The third-order valence-electron chi connectivity index (χ3n) is 3.89. The molecule has 1 aromatic heterocycles. The summed E-state index contributed by atoms with van der Waals surface area (Å²) in [5.41, 5.74) is 1.11. The Morgan fingerprint density at radius 2 is 2.32 bits per heavy atom. The molecule has 7 heteroatoms. The molecule has 0 bridgehead atoms. The minimum Gasteiger partial charge on any atom is -0.477 e. The maximum Gasteiger partial charge on any atom is 0.271 e. The van der Waals surface area contributed by atoms with E-state index < -0.39 is 4.92 Å². The number of fused-ring (bicyclic) bond motifs is 1. The van der Waals surface area contributed by atoms with Crippen molar-refractivity contribution in [2.24, 2.45) is 5.92 Å². The SMILES string of the molecule is O=[N+]([O-])c1ccc2nc(OCCC3CCCNC3)cnc2c1. The van der Waals surface area contributed by atoms with Gasteiger partial charge in [-0.3, -0.25) is 10.1 Å². The van der Waals surface area contributed by atoms with Crippen LogP contribution in [0.4, 0.5) is 5.69 Å². The number of piperidine rings is 1. The van der Waals surface area contributed by atoms with Crippen LogP contribution in [0.3, 0.4) is 0 Å². The van der Waals surface area contributed by atoms with E-state index in [1.807, 2.05) is 0 Å². The first-order valence-corrected chi connectivity index (χ1v) is 7.47. The van der Waals surface area contributed by atoms with Crippen LogP contribution in [0.5, 0.6) is 5.88 Å². The number of nitro benzene ring substituents is 1. The van der Waals surface area contributed by atoms with E-state index in [4.69, 9.17) is 4.74 Å². The Kier molecular flexibility index (Phi) is 4.43. The molecule has 0 spiro atoms. The molecular weight excluding hydrogens is 284 g/mol. The molecule has 1 fully saturated rings. The summed E-state index contributed by atoms with van der Waals surface area (Å²) in [6, 6.07) is 4.44. The number of hydrogen-bond acceptors (Lipinski definition) is 6. The average molecular weight is 302 g/mol. The minimum absolute atomic E-state index is 0.0141. The molecule has 0 radical (unpaired) electrons. The van der Waals surface area contributed by atoms with Gasteiger partial charge in [0.2, 0.25) is 5.88 Å². The van der Waals surface area contributed by atoms with Crippen LogP contribution in [0.25, 0.3) is 11.0 Å². The highest BCUT2D eigenvalue weighted by molar-refractivity contribution is 5.77. The maximum absolute atomic E-state index is 10.7. The fourth-order valence-electron chi connectivity index (χ4n) is 2.67. The molecule has 1 atom stereocenters. The monoisotopic (exact) mass is 302 g/mol. The topological polar surface area (TPSA) is 90.2 Å². The van der Waals surface area contributed by atoms with Gasteiger partial charge in [-0.15, -0.1) is 0 Å². The van der Waals surface area contributed by atoms with Gasteiger partial charge >= 0.3 is 0 Å². The van der Waals surface area contributed by atoms with Crippen LogP contribution in [-0.4, -0.2) is 34.6 Å². The van der Waals surface area contributed by atoms with Gasteiger partial charge in [-0.2, -0.15) is 0 Å². The zero-order valence-electron chi connectivity index (χ0n) is 12.2. The van der Waals surface area contributed by atoms with Crippen molar-refractivity contribution >= 4 is 16.7 Å². The number of aromatic nitrogens is 2. The van der Waals surface area contributed by atoms with Crippen LogP contribution >= 0.6 is 0 Å². The van der Waals surface area contributed by atoms with E-state index in [1.165, 1.54) is 31.2 Å². The van der Waals surface area contributed by atoms with Crippen molar-refractivity contribution in [2.45, 2.75) is 19.3 Å². The highest BCUT2D eigenvalue weighted by atomic mass is 16.6. The van der Waals surface area contributed by atoms with E-state index in [2.05, 4.69) is 15.3 Å². The van der Waals surface area contributed by atoms with Gasteiger partial charge in [-0.05, 0) is 44.3 Å². The van der Waals surface area contributed by atoms with Crippen molar-refractivity contribution in [3.05, 3.63) is 34.5 Å². The second-order valence-corrected chi connectivity index (χ2v) is 5.49. The van der Waals surface area contributed by atoms with Gasteiger partial charge in [0, 0.05) is 12.1 Å². The fraction of sp³-hybridized carbons (Fsp3) is 0.467. The van der Waals surface area contributed by atoms with Crippen LogP contribution < -0.4 is 10.1 Å². The first kappa shape index (κ1) is 14.6. The smallest absolute Gasteiger partial charge is 0.271 e. The molecule has 22 heavy (non-hydrogen) atoms. The van der Waals surface area contributed by atoms with Crippen molar-refractivity contribution in [3.8, 4) is 5.88 Å². The summed E-state index contributed by atoms with van der Waals surface area (Å²) in [4.78, 5) is 18.8. The van der Waals surface area contributed by atoms with Gasteiger partial charge in [0.25, 0.3) is 5.69 Å². The molecule has 0 saturated carbocycles. The molecule has 0 aliphatic carbocycles. The summed E-state index contributed by atoms with van der Waals surface area (Å²) in [6.45, 7) is 2.77. The molecule has 1 N–H and O–H groups in total. The summed E-state index contributed by atoms with van der Waals surface area (Å²) < 4.78 is 5.66. The first-order valence-electron chi connectivity index (χ1n) is 7.47. The lowest BCUT2D eigenvalue weighted by Gasteiger charge is -2.22. The van der Waals surface area contributed by atoms with Gasteiger partial charge in [0.05, 0.1) is 28.8 Å². The van der Waals surface area contributed by atoms with E-state index in [9.17, 15) is 10.1 Å². The van der Waals surface area contributed by atoms with Crippen LogP contribution in [0.1, 0.15) is 19.3 Å². The number of non-ortho nitro benzene ring substituents is 1. The third kappa shape index (κ3) is 3.48. The van der Waals surface area contributed by atoms with Gasteiger partial charge in [0.1, 0.15) is 0 Å². The van der Waals surface area contributed by atoms with Crippen LogP contribution in [-0.2, 0) is 0 Å². The molecule has 1 aromatic carbocycles. The molecule has 116 valence electrons. The van der Waals surface area contributed by atoms with Gasteiger partial charge in [0.15, 0.2) is 0 Å². The third-order valence-corrected chi connectivity index (χ3v) is 3.89. The molecule has 3 rings (SSSR count). The second-order valence-electron chi connectivity index (χ2n) is 5.49. The van der Waals surface area contributed by atoms with Gasteiger partial charge in [-0.1, -0.05) is 0 Å². The molecule has 2 heterocycles. The molecule has 1 unspecified atom stereocenters. The average Bonchev–Trinajstić information content (AvgIpc) is 2.55. The van der Waals surface area contributed by atoms with Crippen molar-refractivity contribution in [1.82, 2.24) is 15.3 Å². The number of nitro groups is 1. The lowest BCUT2D eigenvalue weighted by Crippen LogP contribution is -2.30. The molecule has 0 amide bonds. The quantitative estimate of drug-likeness (QED) is 0.673. The second kappa shape index (κ2) is 6.65. The maximum atomic E-state index is 10.7. The van der Waals surface area contributed by atoms with Gasteiger partial charge in [-0.25, -0.2) is 9.97 Å². The summed E-state index contributed by atoms with van der Waals surface area (Å²) >= 11 is 0. The van der Waals surface area contributed by atoms with Crippen LogP contribution in [0, 0.1) is 16.0 Å². The first-order chi connectivity index (χ1) is 10.7. The van der Waals surface area contributed by atoms with E-state index in [0.717, 1.165) is 19.5 Å². The lowest BCUT2D eigenvalue weighted by atomic mass is 9.97.